The van der Waals surface area contributed by atoms with Crippen molar-refractivity contribution >= 4 is 0 Å². The SMILES string of the molecule is CC(C)CC(C)n1ccnc1C#N. The molecule has 0 spiro atoms. The van der Waals surface area contributed by atoms with Gasteiger partial charge >= 0.3 is 0 Å². The lowest BCUT2D eigenvalue weighted by Gasteiger charge is -2.15. The maximum atomic E-state index is 8.76. The summed E-state index contributed by atoms with van der Waals surface area (Å²) in [6, 6.07) is 2.44. The number of aromatic nitrogens is 2. The number of rotatable bonds is 3. The smallest absolute Gasteiger partial charge is 0.212 e. The molecule has 0 saturated carbocycles. The quantitative estimate of drug-likeness (QED) is 0.711. The third-order valence-corrected chi connectivity index (χ3v) is 2.06. The van der Waals surface area contributed by atoms with Crippen LogP contribution in [0.4, 0.5) is 0 Å². The molecule has 3 nitrogen and oxygen atoms in total. The van der Waals surface area contributed by atoms with Crippen molar-refractivity contribution in [3.63, 3.8) is 0 Å². The van der Waals surface area contributed by atoms with Crippen molar-refractivity contribution in [2.45, 2.75) is 33.2 Å². The highest BCUT2D eigenvalue weighted by Gasteiger charge is 2.10. The highest BCUT2D eigenvalue weighted by atomic mass is 15.1. The monoisotopic (exact) mass is 177 g/mol. The average molecular weight is 177 g/mol. The zero-order valence-electron chi connectivity index (χ0n) is 8.36. The van der Waals surface area contributed by atoms with Gasteiger partial charge in [-0.15, -0.1) is 0 Å². The number of imidazole rings is 1. The van der Waals surface area contributed by atoms with Gasteiger partial charge < -0.3 is 4.57 Å². The minimum Gasteiger partial charge on any atom is -0.320 e. The lowest BCUT2D eigenvalue weighted by Crippen LogP contribution is -2.09. The molecule has 1 aromatic heterocycles. The molecule has 0 amide bonds. The van der Waals surface area contributed by atoms with Crippen LogP contribution in [0, 0.1) is 17.2 Å². The Morgan fingerprint density at radius 2 is 2.23 bits per heavy atom. The summed E-state index contributed by atoms with van der Waals surface area (Å²) in [6.07, 6.45) is 4.62. The first-order chi connectivity index (χ1) is 6.15. The fourth-order valence-corrected chi connectivity index (χ4v) is 1.55. The molecule has 0 bridgehead atoms. The van der Waals surface area contributed by atoms with Crippen molar-refractivity contribution in [1.29, 1.82) is 5.26 Å². The Labute approximate surface area is 79.0 Å². The van der Waals surface area contributed by atoms with E-state index in [9.17, 15) is 0 Å². The molecule has 0 fully saturated rings. The predicted molar refractivity (Wildman–Crippen MR) is 51.1 cm³/mol. The normalized spacial score (nSPS) is 12.8. The van der Waals surface area contributed by atoms with Gasteiger partial charge in [0.15, 0.2) is 0 Å². The van der Waals surface area contributed by atoms with Crippen LogP contribution in [0.5, 0.6) is 0 Å². The summed E-state index contributed by atoms with van der Waals surface area (Å²) in [7, 11) is 0. The van der Waals surface area contributed by atoms with Crippen molar-refractivity contribution in [2.24, 2.45) is 5.92 Å². The Morgan fingerprint density at radius 3 is 2.77 bits per heavy atom. The van der Waals surface area contributed by atoms with E-state index in [0.29, 0.717) is 17.8 Å². The molecule has 0 radical (unpaired) electrons. The van der Waals surface area contributed by atoms with Crippen molar-refractivity contribution in [3.05, 3.63) is 18.2 Å². The second-order valence-corrected chi connectivity index (χ2v) is 3.75. The summed E-state index contributed by atoms with van der Waals surface area (Å²) in [5.74, 6) is 1.15. The minimum absolute atomic E-state index is 0.358. The van der Waals surface area contributed by atoms with E-state index in [4.69, 9.17) is 5.26 Å². The number of nitriles is 1. The average Bonchev–Trinajstić information content (AvgIpc) is 2.49. The largest absolute Gasteiger partial charge is 0.320 e. The van der Waals surface area contributed by atoms with Crippen molar-refractivity contribution in [2.75, 3.05) is 0 Å². The molecule has 3 heteroatoms. The van der Waals surface area contributed by atoms with Gasteiger partial charge in [-0.05, 0) is 19.3 Å². The molecule has 1 unspecified atom stereocenters. The Kier molecular flexibility index (Phi) is 3.07. The summed E-state index contributed by atoms with van der Waals surface area (Å²) in [4.78, 5) is 3.96. The molecular weight excluding hydrogens is 162 g/mol. The fourth-order valence-electron chi connectivity index (χ4n) is 1.55. The highest BCUT2D eigenvalue weighted by molar-refractivity contribution is 5.12. The van der Waals surface area contributed by atoms with Gasteiger partial charge in [-0.25, -0.2) is 4.98 Å². The molecule has 0 saturated heterocycles. The molecule has 70 valence electrons. The lowest BCUT2D eigenvalue weighted by molar-refractivity contribution is 0.425. The van der Waals surface area contributed by atoms with Crippen LogP contribution in [0.15, 0.2) is 12.4 Å². The molecule has 0 N–H and O–H groups in total. The number of nitrogens with zero attached hydrogens (tertiary/aromatic N) is 3. The van der Waals surface area contributed by atoms with Crippen LogP contribution in [0.3, 0.4) is 0 Å². The van der Waals surface area contributed by atoms with E-state index in [-0.39, 0.29) is 0 Å². The highest BCUT2D eigenvalue weighted by Crippen LogP contribution is 2.17. The molecule has 1 rings (SSSR count). The molecule has 1 aromatic rings. The van der Waals surface area contributed by atoms with E-state index in [1.165, 1.54) is 0 Å². The zero-order chi connectivity index (χ0) is 9.84. The summed E-state index contributed by atoms with van der Waals surface area (Å²) >= 11 is 0. The topological polar surface area (TPSA) is 41.6 Å². The van der Waals surface area contributed by atoms with Crippen molar-refractivity contribution in [3.8, 4) is 6.07 Å². The molecule has 0 aliphatic carbocycles. The fraction of sp³-hybridized carbons (Fsp3) is 0.600. The van der Waals surface area contributed by atoms with Crippen LogP contribution in [0.2, 0.25) is 0 Å². The summed E-state index contributed by atoms with van der Waals surface area (Å²) in [5.41, 5.74) is 0. The van der Waals surface area contributed by atoms with E-state index in [1.807, 2.05) is 10.8 Å². The first-order valence-corrected chi connectivity index (χ1v) is 4.58. The third kappa shape index (κ3) is 2.32. The van der Waals surface area contributed by atoms with Crippen LogP contribution in [0.25, 0.3) is 0 Å². The van der Waals surface area contributed by atoms with Crippen LogP contribution < -0.4 is 0 Å². The van der Waals surface area contributed by atoms with Gasteiger partial charge in [0, 0.05) is 18.4 Å². The van der Waals surface area contributed by atoms with Crippen molar-refractivity contribution in [1.82, 2.24) is 9.55 Å². The van der Waals surface area contributed by atoms with E-state index >= 15 is 0 Å². The Morgan fingerprint density at radius 1 is 1.54 bits per heavy atom. The maximum absolute atomic E-state index is 8.76. The third-order valence-electron chi connectivity index (χ3n) is 2.06. The van der Waals surface area contributed by atoms with E-state index in [2.05, 4.69) is 31.8 Å². The van der Waals surface area contributed by atoms with Crippen molar-refractivity contribution < 1.29 is 0 Å². The van der Waals surface area contributed by atoms with Gasteiger partial charge in [0.25, 0.3) is 0 Å². The Balaban J connectivity index is 2.77. The lowest BCUT2D eigenvalue weighted by atomic mass is 10.1. The van der Waals surface area contributed by atoms with Crippen LogP contribution in [-0.4, -0.2) is 9.55 Å². The molecule has 0 aliphatic heterocycles. The number of hydrogen-bond donors (Lipinski definition) is 0. The van der Waals surface area contributed by atoms with Crippen LogP contribution in [0.1, 0.15) is 39.1 Å². The first-order valence-electron chi connectivity index (χ1n) is 4.58. The second-order valence-electron chi connectivity index (χ2n) is 3.75. The molecule has 1 heterocycles. The van der Waals surface area contributed by atoms with Gasteiger partial charge in [0.2, 0.25) is 5.82 Å². The number of hydrogen-bond acceptors (Lipinski definition) is 2. The van der Waals surface area contributed by atoms with E-state index in [1.54, 1.807) is 6.20 Å². The Hall–Kier alpha value is -1.30. The molecular formula is C10H15N3. The van der Waals surface area contributed by atoms with Gasteiger partial charge in [0.05, 0.1) is 0 Å². The first kappa shape index (κ1) is 9.79. The predicted octanol–water partition coefficient (Wildman–Crippen LogP) is 2.36. The molecule has 0 aromatic carbocycles. The summed E-state index contributed by atoms with van der Waals surface area (Å²) in [6.45, 7) is 6.47. The summed E-state index contributed by atoms with van der Waals surface area (Å²) < 4.78 is 1.93. The second kappa shape index (κ2) is 4.08. The molecule has 13 heavy (non-hydrogen) atoms. The summed E-state index contributed by atoms with van der Waals surface area (Å²) in [5, 5.41) is 8.76. The molecule has 1 atom stereocenters. The minimum atomic E-state index is 0.358. The van der Waals surface area contributed by atoms with Crippen LogP contribution in [-0.2, 0) is 0 Å². The standard InChI is InChI=1S/C10H15N3/c1-8(2)6-9(3)13-5-4-12-10(13)7-11/h4-5,8-9H,6H2,1-3H3. The van der Waals surface area contributed by atoms with E-state index in [0.717, 1.165) is 6.42 Å². The van der Waals surface area contributed by atoms with Gasteiger partial charge in [-0.2, -0.15) is 5.26 Å². The Bertz CT molecular complexity index is 306. The molecule has 0 aliphatic rings. The van der Waals surface area contributed by atoms with Gasteiger partial charge in [-0.3, -0.25) is 0 Å². The van der Waals surface area contributed by atoms with E-state index < -0.39 is 0 Å². The zero-order valence-corrected chi connectivity index (χ0v) is 8.36. The van der Waals surface area contributed by atoms with Crippen LogP contribution >= 0.6 is 0 Å². The maximum Gasteiger partial charge on any atom is 0.212 e. The van der Waals surface area contributed by atoms with Gasteiger partial charge in [-0.1, -0.05) is 13.8 Å². The van der Waals surface area contributed by atoms with Gasteiger partial charge in [0.1, 0.15) is 6.07 Å².